The monoisotopic (exact) mass is 276 g/mol. The van der Waals surface area contributed by atoms with Gasteiger partial charge < -0.3 is 0 Å². The Labute approximate surface area is 112 Å². The molecule has 16 heavy (non-hydrogen) atoms. The van der Waals surface area contributed by atoms with Crippen LogP contribution in [-0.2, 0) is 6.42 Å². The predicted octanol–water partition coefficient (Wildman–Crippen LogP) is 5.33. The highest BCUT2D eigenvalue weighted by Crippen LogP contribution is 2.33. The maximum atomic E-state index is 6.35. The Morgan fingerprint density at radius 2 is 1.88 bits per heavy atom. The summed E-state index contributed by atoms with van der Waals surface area (Å²) in [6, 6.07) is 5.72. The lowest BCUT2D eigenvalue weighted by Gasteiger charge is -2.27. The van der Waals surface area contributed by atoms with E-state index in [0.717, 1.165) is 17.9 Å². The van der Waals surface area contributed by atoms with E-state index in [1.165, 1.54) is 24.8 Å². The SMILES string of the molecule is Clc1ccc(CC2CCCCC2Cl)c(Cl)c1. The fourth-order valence-electron chi connectivity index (χ4n) is 2.36. The van der Waals surface area contributed by atoms with Crippen LogP contribution in [0.4, 0.5) is 0 Å². The van der Waals surface area contributed by atoms with Crippen molar-refractivity contribution in [2.24, 2.45) is 5.92 Å². The van der Waals surface area contributed by atoms with E-state index >= 15 is 0 Å². The lowest BCUT2D eigenvalue weighted by atomic mass is 9.84. The molecule has 3 heteroatoms. The summed E-state index contributed by atoms with van der Waals surface area (Å²) in [6.07, 6.45) is 5.88. The van der Waals surface area contributed by atoms with Crippen LogP contribution in [0.1, 0.15) is 31.2 Å². The van der Waals surface area contributed by atoms with Crippen molar-refractivity contribution >= 4 is 34.8 Å². The first-order chi connectivity index (χ1) is 7.66. The zero-order chi connectivity index (χ0) is 11.5. The van der Waals surface area contributed by atoms with Crippen molar-refractivity contribution in [1.82, 2.24) is 0 Å². The van der Waals surface area contributed by atoms with Gasteiger partial charge in [0.25, 0.3) is 0 Å². The molecule has 0 amide bonds. The van der Waals surface area contributed by atoms with Crippen LogP contribution in [0.3, 0.4) is 0 Å². The second-order valence-electron chi connectivity index (χ2n) is 4.50. The smallest absolute Gasteiger partial charge is 0.0452 e. The van der Waals surface area contributed by atoms with Crippen LogP contribution in [0.2, 0.25) is 10.0 Å². The zero-order valence-electron chi connectivity index (χ0n) is 9.06. The number of hydrogen-bond acceptors (Lipinski definition) is 0. The minimum Gasteiger partial charge on any atom is -0.123 e. The molecule has 1 aromatic carbocycles. The van der Waals surface area contributed by atoms with Gasteiger partial charge in [-0.25, -0.2) is 0 Å². The number of halogens is 3. The molecule has 2 rings (SSSR count). The minimum atomic E-state index is 0.306. The number of hydrogen-bond donors (Lipinski definition) is 0. The average Bonchev–Trinajstić information content (AvgIpc) is 2.25. The first-order valence-corrected chi connectivity index (χ1v) is 6.94. The van der Waals surface area contributed by atoms with E-state index < -0.39 is 0 Å². The van der Waals surface area contributed by atoms with Gasteiger partial charge in [-0.1, -0.05) is 42.1 Å². The Bertz CT molecular complexity index is 362. The van der Waals surface area contributed by atoms with Crippen LogP contribution in [-0.4, -0.2) is 5.38 Å². The fourth-order valence-corrected chi connectivity index (χ4v) is 3.22. The second-order valence-corrected chi connectivity index (χ2v) is 5.90. The Morgan fingerprint density at radius 1 is 1.12 bits per heavy atom. The van der Waals surface area contributed by atoms with Crippen LogP contribution in [0.5, 0.6) is 0 Å². The molecule has 1 saturated carbocycles. The molecule has 1 fully saturated rings. The Balaban J connectivity index is 2.07. The molecule has 0 bridgehead atoms. The van der Waals surface area contributed by atoms with E-state index in [9.17, 15) is 0 Å². The van der Waals surface area contributed by atoms with Crippen LogP contribution >= 0.6 is 34.8 Å². The molecule has 2 unspecified atom stereocenters. The molecule has 2 atom stereocenters. The van der Waals surface area contributed by atoms with Crippen molar-refractivity contribution in [2.45, 2.75) is 37.5 Å². The van der Waals surface area contributed by atoms with E-state index in [1.54, 1.807) is 0 Å². The van der Waals surface area contributed by atoms with Crippen molar-refractivity contribution < 1.29 is 0 Å². The van der Waals surface area contributed by atoms with E-state index in [0.29, 0.717) is 16.3 Å². The van der Waals surface area contributed by atoms with Gasteiger partial charge in [-0.15, -0.1) is 11.6 Å². The molecule has 0 saturated heterocycles. The average molecular weight is 278 g/mol. The largest absolute Gasteiger partial charge is 0.123 e. The fraction of sp³-hybridized carbons (Fsp3) is 0.538. The van der Waals surface area contributed by atoms with Gasteiger partial charge in [-0.2, -0.15) is 0 Å². The van der Waals surface area contributed by atoms with Crippen molar-refractivity contribution in [1.29, 1.82) is 0 Å². The topological polar surface area (TPSA) is 0 Å². The molecule has 1 aliphatic carbocycles. The molecule has 0 radical (unpaired) electrons. The van der Waals surface area contributed by atoms with Crippen LogP contribution in [0, 0.1) is 5.92 Å². The first kappa shape index (κ1) is 12.5. The van der Waals surface area contributed by atoms with Gasteiger partial charge >= 0.3 is 0 Å². The van der Waals surface area contributed by atoms with E-state index in [-0.39, 0.29) is 0 Å². The summed E-state index contributed by atoms with van der Waals surface area (Å²) in [7, 11) is 0. The van der Waals surface area contributed by atoms with Crippen LogP contribution in [0.15, 0.2) is 18.2 Å². The van der Waals surface area contributed by atoms with Gasteiger partial charge in [0.05, 0.1) is 0 Å². The summed E-state index contributed by atoms with van der Waals surface area (Å²) in [4.78, 5) is 0. The summed E-state index contributed by atoms with van der Waals surface area (Å²) in [6.45, 7) is 0. The van der Waals surface area contributed by atoms with E-state index in [4.69, 9.17) is 34.8 Å². The predicted molar refractivity (Wildman–Crippen MR) is 71.8 cm³/mol. The summed E-state index contributed by atoms with van der Waals surface area (Å²) in [5.74, 6) is 0.564. The van der Waals surface area contributed by atoms with Crippen LogP contribution in [0.25, 0.3) is 0 Å². The number of benzene rings is 1. The maximum absolute atomic E-state index is 6.35. The lowest BCUT2D eigenvalue weighted by Crippen LogP contribution is -2.21. The van der Waals surface area contributed by atoms with Gasteiger partial charge in [0.15, 0.2) is 0 Å². The molecule has 88 valence electrons. The van der Waals surface area contributed by atoms with E-state index in [1.807, 2.05) is 18.2 Å². The van der Waals surface area contributed by atoms with Gasteiger partial charge in [-0.3, -0.25) is 0 Å². The molecule has 1 aliphatic rings. The summed E-state index contributed by atoms with van der Waals surface area (Å²) >= 11 is 18.4. The second kappa shape index (κ2) is 5.62. The quantitative estimate of drug-likeness (QED) is 0.641. The number of rotatable bonds is 2. The highest BCUT2D eigenvalue weighted by atomic mass is 35.5. The molecular formula is C13H15Cl3. The van der Waals surface area contributed by atoms with Gasteiger partial charge in [0.1, 0.15) is 0 Å². The van der Waals surface area contributed by atoms with Crippen LogP contribution < -0.4 is 0 Å². The summed E-state index contributed by atoms with van der Waals surface area (Å²) < 4.78 is 0. The third-order valence-corrected chi connectivity index (χ3v) is 4.48. The normalized spacial score (nSPS) is 25.7. The highest BCUT2D eigenvalue weighted by molar-refractivity contribution is 6.35. The Hall–Kier alpha value is 0.0900. The Morgan fingerprint density at radius 3 is 2.56 bits per heavy atom. The maximum Gasteiger partial charge on any atom is 0.0452 e. The Kier molecular flexibility index (Phi) is 4.41. The molecule has 0 nitrogen and oxygen atoms in total. The third-order valence-electron chi connectivity index (χ3n) is 3.31. The van der Waals surface area contributed by atoms with Crippen molar-refractivity contribution in [3.8, 4) is 0 Å². The molecular weight excluding hydrogens is 263 g/mol. The van der Waals surface area contributed by atoms with Crippen molar-refractivity contribution in [3.63, 3.8) is 0 Å². The van der Waals surface area contributed by atoms with Gasteiger partial charge in [0.2, 0.25) is 0 Å². The first-order valence-electron chi connectivity index (χ1n) is 5.75. The van der Waals surface area contributed by atoms with E-state index in [2.05, 4.69) is 0 Å². The zero-order valence-corrected chi connectivity index (χ0v) is 11.3. The summed E-state index contributed by atoms with van der Waals surface area (Å²) in [5, 5.41) is 1.77. The van der Waals surface area contributed by atoms with Crippen molar-refractivity contribution in [2.75, 3.05) is 0 Å². The standard InChI is InChI=1S/C13H15Cl3/c14-11-6-5-10(13(16)8-11)7-9-3-1-2-4-12(9)15/h5-6,8-9,12H,1-4,7H2. The highest BCUT2D eigenvalue weighted by Gasteiger charge is 2.23. The molecule has 0 N–H and O–H groups in total. The third kappa shape index (κ3) is 3.06. The number of alkyl halides is 1. The molecule has 0 aliphatic heterocycles. The molecule has 0 heterocycles. The minimum absolute atomic E-state index is 0.306. The molecule has 1 aromatic rings. The molecule has 0 spiro atoms. The molecule has 0 aromatic heterocycles. The lowest BCUT2D eigenvalue weighted by molar-refractivity contribution is 0.364. The van der Waals surface area contributed by atoms with Gasteiger partial charge in [0, 0.05) is 15.4 Å². The van der Waals surface area contributed by atoms with Gasteiger partial charge in [-0.05, 0) is 42.9 Å². The summed E-state index contributed by atoms with van der Waals surface area (Å²) in [5.41, 5.74) is 1.17. The van der Waals surface area contributed by atoms with Crippen molar-refractivity contribution in [3.05, 3.63) is 33.8 Å².